The second kappa shape index (κ2) is 9.24. The number of piperazine rings is 1. The number of nitriles is 1. The number of urea groups is 1. The van der Waals surface area contributed by atoms with E-state index >= 15 is 0 Å². The molecular formula is C32H29N7O3. The van der Waals surface area contributed by atoms with Gasteiger partial charge in [0, 0.05) is 22.7 Å². The molecule has 0 aliphatic carbocycles. The molecule has 7 rings (SSSR count). The largest absolute Gasteiger partial charge is 0.332 e. The summed E-state index contributed by atoms with van der Waals surface area (Å²) in [6.07, 6.45) is 1.97. The number of fused-ring (bicyclic) bond motifs is 6. The van der Waals surface area contributed by atoms with Crippen molar-refractivity contribution in [3.05, 3.63) is 89.5 Å². The van der Waals surface area contributed by atoms with Crippen molar-refractivity contribution in [3.63, 3.8) is 0 Å². The lowest BCUT2D eigenvalue weighted by Crippen LogP contribution is -2.55. The standard InChI is InChI=1S/C32H29N7O3/c1-32(2,3)27-14-25(37(35-27)17-19-9-5-4-6-10-19)29(40)36-18-20-13-24(36)28-30(41)39(31(42)38(20)28)26-16-34-23(15-33)21-11-7-8-12-22(21)26/h4-12,14,16,20,24,28H,13,17-18H2,1-3H3/t20?,24?,28-/m0/s1. The van der Waals surface area contributed by atoms with Crippen molar-refractivity contribution in [1.82, 2.24) is 24.6 Å². The summed E-state index contributed by atoms with van der Waals surface area (Å²) >= 11 is 0. The molecule has 2 aromatic heterocycles. The summed E-state index contributed by atoms with van der Waals surface area (Å²) in [6.45, 7) is 6.97. The van der Waals surface area contributed by atoms with Gasteiger partial charge in [0.05, 0.1) is 36.2 Å². The monoisotopic (exact) mass is 559 g/mol. The third-order valence-corrected chi connectivity index (χ3v) is 8.59. The molecular weight excluding hydrogens is 530 g/mol. The Labute approximate surface area is 242 Å². The van der Waals surface area contributed by atoms with Crippen LogP contribution in [0.5, 0.6) is 0 Å². The highest BCUT2D eigenvalue weighted by Gasteiger charge is 2.63. The van der Waals surface area contributed by atoms with Crippen LogP contribution in [-0.2, 0) is 16.8 Å². The van der Waals surface area contributed by atoms with Crippen LogP contribution in [0.2, 0.25) is 0 Å². The maximum Gasteiger partial charge on any atom is 0.332 e. The van der Waals surface area contributed by atoms with Gasteiger partial charge in [0.1, 0.15) is 23.5 Å². The number of amides is 4. The summed E-state index contributed by atoms with van der Waals surface area (Å²) in [5, 5.41) is 15.5. The fourth-order valence-corrected chi connectivity index (χ4v) is 6.54. The van der Waals surface area contributed by atoms with E-state index in [1.807, 2.05) is 36.4 Å². The number of imide groups is 1. The van der Waals surface area contributed by atoms with E-state index in [0.717, 1.165) is 11.3 Å². The van der Waals surface area contributed by atoms with Gasteiger partial charge in [-0.3, -0.25) is 14.3 Å². The molecule has 0 radical (unpaired) electrons. The predicted octanol–water partition coefficient (Wildman–Crippen LogP) is 4.08. The first kappa shape index (κ1) is 25.9. The van der Waals surface area contributed by atoms with Crippen molar-refractivity contribution >= 4 is 34.3 Å². The maximum atomic E-state index is 14.2. The molecule has 2 aromatic carbocycles. The van der Waals surface area contributed by atoms with Gasteiger partial charge in [-0.05, 0) is 18.1 Å². The van der Waals surface area contributed by atoms with Gasteiger partial charge < -0.3 is 9.80 Å². The zero-order valence-corrected chi connectivity index (χ0v) is 23.6. The van der Waals surface area contributed by atoms with Crippen LogP contribution >= 0.6 is 0 Å². The number of hydrogen-bond acceptors (Lipinski definition) is 6. The molecule has 2 unspecified atom stereocenters. The molecule has 3 fully saturated rings. The molecule has 0 spiro atoms. The smallest absolute Gasteiger partial charge is 0.330 e. The first-order valence-electron chi connectivity index (χ1n) is 14.0. The average Bonchev–Trinajstić information content (AvgIpc) is 3.75. The quantitative estimate of drug-likeness (QED) is 0.348. The molecule has 4 aromatic rings. The van der Waals surface area contributed by atoms with Gasteiger partial charge in [0.25, 0.3) is 11.8 Å². The van der Waals surface area contributed by atoms with Crippen LogP contribution in [0.1, 0.15) is 54.6 Å². The Kier molecular flexibility index (Phi) is 5.70. The van der Waals surface area contributed by atoms with Crippen molar-refractivity contribution < 1.29 is 14.4 Å². The lowest BCUT2D eigenvalue weighted by molar-refractivity contribution is -0.121. The minimum absolute atomic E-state index is 0.190. The number of carbonyl (C=O) groups is 3. The van der Waals surface area contributed by atoms with Crippen LogP contribution in [0.4, 0.5) is 10.5 Å². The van der Waals surface area contributed by atoms with E-state index in [1.54, 1.807) is 38.7 Å². The minimum atomic E-state index is -0.776. The van der Waals surface area contributed by atoms with Crippen molar-refractivity contribution in [1.29, 1.82) is 5.26 Å². The highest BCUT2D eigenvalue weighted by Crippen LogP contribution is 2.44. The Balaban J connectivity index is 1.22. The molecule has 0 saturated carbocycles. The number of nitrogens with zero attached hydrogens (tertiary/aromatic N) is 7. The molecule has 3 atom stereocenters. The van der Waals surface area contributed by atoms with Gasteiger partial charge in [0.2, 0.25) is 0 Å². The first-order chi connectivity index (χ1) is 20.2. The van der Waals surface area contributed by atoms with E-state index in [4.69, 9.17) is 5.10 Å². The molecule has 210 valence electrons. The number of aromatic nitrogens is 3. The summed E-state index contributed by atoms with van der Waals surface area (Å²) < 4.78 is 1.75. The number of carbonyl (C=O) groups excluding carboxylic acids is 3. The van der Waals surface area contributed by atoms with Gasteiger partial charge in [-0.1, -0.05) is 75.4 Å². The van der Waals surface area contributed by atoms with Crippen LogP contribution in [0, 0.1) is 11.3 Å². The lowest BCUT2D eigenvalue weighted by Gasteiger charge is -2.34. The van der Waals surface area contributed by atoms with E-state index in [0.29, 0.717) is 41.7 Å². The van der Waals surface area contributed by atoms with Gasteiger partial charge in [0.15, 0.2) is 0 Å². The van der Waals surface area contributed by atoms with Crippen LogP contribution in [0.15, 0.2) is 66.9 Å². The molecule has 10 nitrogen and oxygen atoms in total. The Hall–Kier alpha value is -5.04. The second-order valence-electron chi connectivity index (χ2n) is 12.2. The summed E-state index contributed by atoms with van der Waals surface area (Å²) in [5.41, 5.74) is 2.63. The molecule has 4 amide bonds. The van der Waals surface area contributed by atoms with E-state index in [9.17, 15) is 19.6 Å². The van der Waals surface area contributed by atoms with Crippen LogP contribution in [0.3, 0.4) is 0 Å². The van der Waals surface area contributed by atoms with Gasteiger partial charge in [-0.25, -0.2) is 14.7 Å². The van der Waals surface area contributed by atoms with Crippen LogP contribution in [-0.4, -0.2) is 67.1 Å². The van der Waals surface area contributed by atoms with E-state index < -0.39 is 18.1 Å². The maximum absolute atomic E-state index is 14.2. The summed E-state index contributed by atoms with van der Waals surface area (Å²) in [5.74, 6) is -0.569. The summed E-state index contributed by atoms with van der Waals surface area (Å²) in [4.78, 5) is 50.6. The number of rotatable bonds is 4. The van der Waals surface area contributed by atoms with Crippen molar-refractivity contribution in [2.75, 3.05) is 11.4 Å². The predicted molar refractivity (Wildman–Crippen MR) is 155 cm³/mol. The highest BCUT2D eigenvalue weighted by atomic mass is 16.2. The fraction of sp³-hybridized carbons (Fsp3) is 0.312. The van der Waals surface area contributed by atoms with Gasteiger partial charge in [-0.2, -0.15) is 10.4 Å². The number of benzene rings is 2. The molecule has 0 N–H and O–H groups in total. The van der Waals surface area contributed by atoms with Crippen molar-refractivity contribution in [2.24, 2.45) is 0 Å². The number of anilines is 1. The van der Waals surface area contributed by atoms with E-state index in [-0.39, 0.29) is 29.0 Å². The molecule has 3 aliphatic heterocycles. The van der Waals surface area contributed by atoms with Crippen LogP contribution in [0.25, 0.3) is 10.8 Å². The number of likely N-dealkylation sites (tertiary alicyclic amines) is 1. The van der Waals surface area contributed by atoms with Crippen molar-refractivity contribution in [3.8, 4) is 6.07 Å². The molecule has 3 saturated heterocycles. The Morgan fingerprint density at radius 3 is 2.48 bits per heavy atom. The zero-order chi connectivity index (χ0) is 29.3. The summed E-state index contributed by atoms with van der Waals surface area (Å²) in [7, 11) is 0. The van der Waals surface area contributed by atoms with Crippen LogP contribution < -0.4 is 4.90 Å². The minimum Gasteiger partial charge on any atom is -0.330 e. The van der Waals surface area contributed by atoms with Crippen molar-refractivity contribution in [2.45, 2.75) is 57.3 Å². The Bertz CT molecular complexity index is 1820. The SMILES string of the molecule is CC(C)(C)c1cc(C(=O)N2CC3CC2[C@H]2C(=O)N(c4cnc(C#N)c5ccccc45)C(=O)N32)n(Cc2ccccc2)n1. The van der Waals surface area contributed by atoms with E-state index in [2.05, 4.69) is 31.8 Å². The fourth-order valence-electron chi connectivity index (χ4n) is 6.54. The molecule has 3 aliphatic rings. The topological polar surface area (TPSA) is 115 Å². The van der Waals surface area contributed by atoms with E-state index in [1.165, 1.54) is 11.1 Å². The third kappa shape index (κ3) is 3.80. The molecule has 10 heteroatoms. The second-order valence-corrected chi connectivity index (χ2v) is 12.2. The normalized spacial score (nSPS) is 21.4. The highest BCUT2D eigenvalue weighted by molar-refractivity contribution is 6.25. The van der Waals surface area contributed by atoms with Gasteiger partial charge >= 0.3 is 6.03 Å². The molecule has 5 heterocycles. The van der Waals surface area contributed by atoms with Gasteiger partial charge in [-0.15, -0.1) is 0 Å². The Morgan fingerprint density at radius 1 is 1.05 bits per heavy atom. The third-order valence-electron chi connectivity index (χ3n) is 8.59. The molecule has 42 heavy (non-hydrogen) atoms. The number of pyridine rings is 1. The average molecular weight is 560 g/mol. The zero-order valence-electron chi connectivity index (χ0n) is 23.6. The number of hydrogen-bond donors (Lipinski definition) is 0. The lowest BCUT2D eigenvalue weighted by atomic mass is 9.92. The Morgan fingerprint density at radius 2 is 1.76 bits per heavy atom. The first-order valence-corrected chi connectivity index (χ1v) is 14.0. The molecule has 2 bridgehead atoms. The summed E-state index contributed by atoms with van der Waals surface area (Å²) in [6, 6.07) is 19.0.